The third-order valence-electron chi connectivity index (χ3n) is 3.42. The minimum Gasteiger partial charge on any atom is -0.303 e. The van der Waals surface area contributed by atoms with E-state index in [1.807, 2.05) is 0 Å². The maximum absolute atomic E-state index is 10.4. The van der Waals surface area contributed by atoms with E-state index in [4.69, 9.17) is 9.79 Å². The largest absolute Gasteiger partial charge is 0.469 e. The summed E-state index contributed by atoms with van der Waals surface area (Å²) in [5.41, 5.74) is 0. The normalized spacial score (nSPS) is 12.3. The van der Waals surface area contributed by atoms with Crippen molar-refractivity contribution in [3.8, 4) is 0 Å². The van der Waals surface area contributed by atoms with Crippen molar-refractivity contribution in [2.45, 2.75) is 84.0 Å². The van der Waals surface area contributed by atoms with E-state index in [1.54, 1.807) is 0 Å². The molecule has 0 saturated heterocycles. The van der Waals surface area contributed by atoms with Crippen molar-refractivity contribution in [2.24, 2.45) is 0 Å². The Hall–Kier alpha value is -0.150. The first-order chi connectivity index (χ1) is 10.1. The Morgan fingerprint density at radius 1 is 0.810 bits per heavy atom. The smallest absolute Gasteiger partial charge is 0.303 e. The summed E-state index contributed by atoms with van der Waals surface area (Å²) in [5.74, 6) is 0. The first kappa shape index (κ1) is 20.9. The van der Waals surface area contributed by atoms with E-state index in [0.29, 0.717) is 6.42 Å². The summed E-state index contributed by atoms with van der Waals surface area (Å²) < 4.78 is 14.8. The predicted octanol–water partition coefficient (Wildman–Crippen LogP) is 5.35. The number of hydrogen-bond donors (Lipinski definition) is 2. The lowest BCUT2D eigenvalue weighted by atomic mass is 10.1. The molecule has 0 bridgehead atoms. The van der Waals surface area contributed by atoms with Gasteiger partial charge in [-0.05, 0) is 32.1 Å². The molecule has 126 valence electrons. The zero-order chi connectivity index (χ0) is 15.8. The summed E-state index contributed by atoms with van der Waals surface area (Å²) in [6.07, 6.45) is 18.9. The van der Waals surface area contributed by atoms with Gasteiger partial charge in [0.15, 0.2) is 0 Å². The van der Waals surface area contributed by atoms with Crippen molar-refractivity contribution in [3.05, 3.63) is 12.2 Å². The molecule has 5 heteroatoms. The highest BCUT2D eigenvalue weighted by Crippen LogP contribution is 2.35. The molecule has 0 saturated carbocycles. The van der Waals surface area contributed by atoms with Crippen LogP contribution >= 0.6 is 7.82 Å². The molecule has 0 spiro atoms. The standard InChI is InChI=1S/C16H33O4P/c1-2-3-4-5-6-7-8-9-10-11-12-13-14-15-16-20-21(17,18)19/h9-10H,2-8,11-16H2,1H3,(H2,17,18,19)/b10-9-. The van der Waals surface area contributed by atoms with Gasteiger partial charge in [-0.25, -0.2) is 4.57 Å². The van der Waals surface area contributed by atoms with Gasteiger partial charge in [0.25, 0.3) is 0 Å². The highest BCUT2D eigenvalue weighted by molar-refractivity contribution is 7.46. The van der Waals surface area contributed by atoms with E-state index in [0.717, 1.165) is 25.7 Å². The van der Waals surface area contributed by atoms with Crippen LogP contribution in [0.1, 0.15) is 84.0 Å². The van der Waals surface area contributed by atoms with Gasteiger partial charge >= 0.3 is 7.82 Å². The van der Waals surface area contributed by atoms with Crippen molar-refractivity contribution in [1.29, 1.82) is 0 Å². The van der Waals surface area contributed by atoms with Crippen LogP contribution < -0.4 is 0 Å². The minimum atomic E-state index is -4.26. The number of hydrogen-bond acceptors (Lipinski definition) is 2. The van der Waals surface area contributed by atoms with Crippen LogP contribution in [0.15, 0.2) is 12.2 Å². The first-order valence-corrected chi connectivity index (χ1v) is 9.94. The molecule has 2 N–H and O–H groups in total. The Morgan fingerprint density at radius 3 is 1.81 bits per heavy atom. The highest BCUT2D eigenvalue weighted by atomic mass is 31.2. The molecule has 0 aliphatic heterocycles. The minimum absolute atomic E-state index is 0.151. The number of phosphoric acid groups is 1. The van der Waals surface area contributed by atoms with E-state index in [2.05, 4.69) is 23.6 Å². The second kappa shape index (κ2) is 14.8. The first-order valence-electron chi connectivity index (χ1n) is 8.41. The van der Waals surface area contributed by atoms with Gasteiger partial charge in [0.05, 0.1) is 6.61 Å². The van der Waals surface area contributed by atoms with Crippen LogP contribution in [0.4, 0.5) is 0 Å². The fraction of sp³-hybridized carbons (Fsp3) is 0.875. The molecule has 0 atom stereocenters. The van der Waals surface area contributed by atoms with Gasteiger partial charge in [-0.1, -0.05) is 64.0 Å². The third kappa shape index (κ3) is 19.9. The van der Waals surface area contributed by atoms with Gasteiger partial charge in [-0.2, -0.15) is 0 Å². The summed E-state index contributed by atoms with van der Waals surface area (Å²) in [4.78, 5) is 17.0. The van der Waals surface area contributed by atoms with Crippen molar-refractivity contribution in [1.82, 2.24) is 0 Å². The summed E-state index contributed by atoms with van der Waals surface area (Å²) in [6, 6.07) is 0. The van der Waals surface area contributed by atoms with Crippen LogP contribution in [0.25, 0.3) is 0 Å². The second-order valence-electron chi connectivity index (χ2n) is 5.55. The molecule has 0 radical (unpaired) electrons. The van der Waals surface area contributed by atoms with Crippen LogP contribution in [-0.4, -0.2) is 16.4 Å². The summed E-state index contributed by atoms with van der Waals surface area (Å²) in [5, 5.41) is 0. The molecule has 0 aliphatic carbocycles. The summed E-state index contributed by atoms with van der Waals surface area (Å²) in [7, 11) is -4.26. The zero-order valence-electron chi connectivity index (χ0n) is 13.5. The average Bonchev–Trinajstić information content (AvgIpc) is 2.42. The molecular weight excluding hydrogens is 287 g/mol. The van der Waals surface area contributed by atoms with Crippen LogP contribution in [0.2, 0.25) is 0 Å². The topological polar surface area (TPSA) is 66.8 Å². The van der Waals surface area contributed by atoms with Gasteiger partial charge in [-0.3, -0.25) is 4.52 Å². The van der Waals surface area contributed by atoms with Crippen molar-refractivity contribution < 1.29 is 18.9 Å². The summed E-state index contributed by atoms with van der Waals surface area (Å²) in [6.45, 7) is 2.39. The van der Waals surface area contributed by atoms with E-state index in [1.165, 1.54) is 44.9 Å². The molecule has 0 amide bonds. The molecule has 0 heterocycles. The number of allylic oxidation sites excluding steroid dienone is 2. The maximum Gasteiger partial charge on any atom is 0.469 e. The Balaban J connectivity index is 3.14. The van der Waals surface area contributed by atoms with E-state index < -0.39 is 7.82 Å². The third-order valence-corrected chi connectivity index (χ3v) is 3.93. The van der Waals surface area contributed by atoms with Crippen molar-refractivity contribution >= 4 is 7.82 Å². The van der Waals surface area contributed by atoms with Crippen LogP contribution in [-0.2, 0) is 9.09 Å². The van der Waals surface area contributed by atoms with Gasteiger partial charge < -0.3 is 9.79 Å². The Kier molecular flexibility index (Phi) is 14.7. The van der Waals surface area contributed by atoms with Gasteiger partial charge in [0.1, 0.15) is 0 Å². The molecule has 21 heavy (non-hydrogen) atoms. The van der Waals surface area contributed by atoms with Crippen LogP contribution in [0.3, 0.4) is 0 Å². The number of unbranched alkanes of at least 4 members (excludes halogenated alkanes) is 10. The fourth-order valence-corrected chi connectivity index (χ4v) is 2.55. The molecule has 0 aliphatic rings. The Morgan fingerprint density at radius 2 is 1.29 bits per heavy atom. The lowest BCUT2D eigenvalue weighted by Crippen LogP contribution is -1.92. The van der Waals surface area contributed by atoms with E-state index >= 15 is 0 Å². The molecule has 4 nitrogen and oxygen atoms in total. The second-order valence-corrected chi connectivity index (χ2v) is 6.79. The molecule has 0 aromatic carbocycles. The Labute approximate surface area is 130 Å². The highest BCUT2D eigenvalue weighted by Gasteiger charge is 2.12. The Bertz CT molecular complexity index is 286. The average molecular weight is 320 g/mol. The van der Waals surface area contributed by atoms with Gasteiger partial charge in [0.2, 0.25) is 0 Å². The van der Waals surface area contributed by atoms with Gasteiger partial charge in [0, 0.05) is 0 Å². The zero-order valence-corrected chi connectivity index (χ0v) is 14.4. The fourth-order valence-electron chi connectivity index (χ4n) is 2.18. The lowest BCUT2D eigenvalue weighted by molar-refractivity contribution is 0.193. The molecule has 0 rings (SSSR count). The summed E-state index contributed by atoms with van der Waals surface area (Å²) >= 11 is 0. The molecule has 0 unspecified atom stereocenters. The van der Waals surface area contributed by atoms with E-state index in [9.17, 15) is 4.57 Å². The quantitative estimate of drug-likeness (QED) is 0.242. The number of phosphoric ester groups is 1. The van der Waals surface area contributed by atoms with Crippen LogP contribution in [0, 0.1) is 0 Å². The molecule has 0 aromatic rings. The van der Waals surface area contributed by atoms with Crippen molar-refractivity contribution in [2.75, 3.05) is 6.61 Å². The SMILES string of the molecule is CCCCCCCC/C=C\CCCCCCOP(=O)(O)O. The van der Waals surface area contributed by atoms with Crippen molar-refractivity contribution in [3.63, 3.8) is 0 Å². The lowest BCUT2D eigenvalue weighted by Gasteiger charge is -2.04. The molecular formula is C16H33O4P. The predicted molar refractivity (Wildman–Crippen MR) is 88.2 cm³/mol. The monoisotopic (exact) mass is 320 g/mol. The van der Waals surface area contributed by atoms with Crippen LogP contribution in [0.5, 0.6) is 0 Å². The van der Waals surface area contributed by atoms with E-state index in [-0.39, 0.29) is 6.61 Å². The molecule has 0 fully saturated rings. The molecule has 0 aromatic heterocycles. The number of rotatable bonds is 15. The van der Waals surface area contributed by atoms with Gasteiger partial charge in [-0.15, -0.1) is 0 Å². The maximum atomic E-state index is 10.4.